The van der Waals surface area contributed by atoms with Gasteiger partial charge >= 0.3 is 0 Å². The van der Waals surface area contributed by atoms with Crippen LogP contribution < -0.4 is 9.80 Å². The van der Waals surface area contributed by atoms with Gasteiger partial charge in [-0.2, -0.15) is 0 Å². The summed E-state index contributed by atoms with van der Waals surface area (Å²) in [6.45, 7) is 6.45. The molecule has 0 saturated carbocycles. The molecule has 4 rings (SSSR count). The third-order valence-electron chi connectivity index (χ3n) is 6.03. The summed E-state index contributed by atoms with van der Waals surface area (Å²) >= 11 is 0. The first-order chi connectivity index (χ1) is 16.7. The highest BCUT2D eigenvalue weighted by Crippen LogP contribution is 2.34. The van der Waals surface area contributed by atoms with Crippen LogP contribution in [0.2, 0.25) is 0 Å². The standard InChI is InChI=1S/C31H32N2O/c1-3-32(4-2)28-18-12-25(13-19-28)10-11-26-14-20-30(21-15-26)33(29-8-6-5-7-9-29)31-22-16-27(24-34)17-23-31/h5-23,34H,3-4,24H2,1-2H3/b11-10+. The second-order valence-corrected chi connectivity index (χ2v) is 8.18. The Morgan fingerprint density at radius 3 is 1.47 bits per heavy atom. The molecule has 34 heavy (non-hydrogen) atoms. The van der Waals surface area contributed by atoms with E-state index in [2.05, 4.69) is 96.5 Å². The van der Waals surface area contributed by atoms with Crippen LogP contribution in [0.15, 0.2) is 103 Å². The predicted molar refractivity (Wildman–Crippen MR) is 146 cm³/mol. The predicted octanol–water partition coefficient (Wildman–Crippen LogP) is 7.67. The molecule has 0 saturated heterocycles. The third kappa shape index (κ3) is 5.56. The summed E-state index contributed by atoms with van der Waals surface area (Å²) in [6.07, 6.45) is 4.31. The van der Waals surface area contributed by atoms with Gasteiger partial charge in [-0.1, -0.05) is 66.7 Å². The molecule has 0 aliphatic carbocycles. The second kappa shape index (κ2) is 11.4. The Balaban J connectivity index is 1.55. The van der Waals surface area contributed by atoms with Gasteiger partial charge < -0.3 is 14.9 Å². The number of nitrogens with zero attached hydrogens (tertiary/aromatic N) is 2. The lowest BCUT2D eigenvalue weighted by molar-refractivity contribution is 0.282. The molecule has 4 aromatic carbocycles. The van der Waals surface area contributed by atoms with Crippen LogP contribution in [0.3, 0.4) is 0 Å². The quantitative estimate of drug-likeness (QED) is 0.266. The fraction of sp³-hybridized carbons (Fsp3) is 0.161. The highest BCUT2D eigenvalue weighted by molar-refractivity contribution is 5.78. The first-order valence-electron chi connectivity index (χ1n) is 11.9. The molecule has 0 heterocycles. The van der Waals surface area contributed by atoms with E-state index in [0.29, 0.717) is 0 Å². The molecule has 172 valence electrons. The molecular formula is C31H32N2O. The van der Waals surface area contributed by atoms with E-state index < -0.39 is 0 Å². The average Bonchev–Trinajstić information content (AvgIpc) is 2.91. The molecule has 0 amide bonds. The van der Waals surface area contributed by atoms with Crippen molar-refractivity contribution in [2.45, 2.75) is 20.5 Å². The van der Waals surface area contributed by atoms with Crippen molar-refractivity contribution in [2.75, 3.05) is 22.9 Å². The van der Waals surface area contributed by atoms with E-state index in [0.717, 1.165) is 41.3 Å². The number of aliphatic hydroxyl groups is 1. The summed E-state index contributed by atoms with van der Waals surface area (Å²) in [4.78, 5) is 4.57. The lowest BCUT2D eigenvalue weighted by Gasteiger charge is -2.25. The first-order valence-corrected chi connectivity index (χ1v) is 11.9. The number of rotatable bonds is 9. The molecule has 4 aromatic rings. The van der Waals surface area contributed by atoms with E-state index in [1.165, 1.54) is 11.3 Å². The Bertz CT molecular complexity index is 1180. The van der Waals surface area contributed by atoms with Gasteiger partial charge in [0, 0.05) is 35.8 Å². The van der Waals surface area contributed by atoms with E-state index in [9.17, 15) is 5.11 Å². The molecule has 0 unspecified atom stereocenters. The van der Waals surface area contributed by atoms with E-state index in [4.69, 9.17) is 0 Å². The Hall–Kier alpha value is -3.82. The van der Waals surface area contributed by atoms with Crippen LogP contribution in [-0.2, 0) is 6.61 Å². The van der Waals surface area contributed by atoms with Gasteiger partial charge in [-0.25, -0.2) is 0 Å². The molecule has 0 atom stereocenters. The van der Waals surface area contributed by atoms with Gasteiger partial charge in [0.05, 0.1) is 6.61 Å². The van der Waals surface area contributed by atoms with Gasteiger partial charge in [0.1, 0.15) is 0 Å². The van der Waals surface area contributed by atoms with Crippen LogP contribution in [0.1, 0.15) is 30.5 Å². The van der Waals surface area contributed by atoms with Gasteiger partial charge in [-0.15, -0.1) is 0 Å². The number of aliphatic hydroxyl groups excluding tert-OH is 1. The summed E-state index contributed by atoms with van der Waals surface area (Å²) in [6, 6.07) is 35.7. The highest BCUT2D eigenvalue weighted by atomic mass is 16.3. The molecular weight excluding hydrogens is 416 g/mol. The van der Waals surface area contributed by atoms with E-state index >= 15 is 0 Å². The maximum Gasteiger partial charge on any atom is 0.0681 e. The van der Waals surface area contributed by atoms with Crippen molar-refractivity contribution in [1.82, 2.24) is 0 Å². The van der Waals surface area contributed by atoms with Crippen molar-refractivity contribution in [3.05, 3.63) is 120 Å². The first kappa shape index (κ1) is 23.3. The summed E-state index contributed by atoms with van der Waals surface area (Å²) in [5.74, 6) is 0. The molecule has 0 aliphatic heterocycles. The molecule has 0 spiro atoms. The van der Waals surface area contributed by atoms with Crippen molar-refractivity contribution >= 4 is 34.9 Å². The lowest BCUT2D eigenvalue weighted by atomic mass is 10.1. The van der Waals surface area contributed by atoms with Gasteiger partial charge in [0.2, 0.25) is 0 Å². The number of anilines is 4. The van der Waals surface area contributed by atoms with Crippen molar-refractivity contribution in [3.8, 4) is 0 Å². The van der Waals surface area contributed by atoms with Crippen LogP contribution in [0, 0.1) is 0 Å². The zero-order valence-corrected chi connectivity index (χ0v) is 19.9. The van der Waals surface area contributed by atoms with Gasteiger partial charge in [0.25, 0.3) is 0 Å². The Kier molecular flexibility index (Phi) is 7.79. The minimum atomic E-state index is 0.0465. The maximum absolute atomic E-state index is 9.40. The summed E-state index contributed by atoms with van der Waals surface area (Å²) in [7, 11) is 0. The average molecular weight is 449 g/mol. The van der Waals surface area contributed by atoms with E-state index in [1.807, 2.05) is 42.5 Å². The topological polar surface area (TPSA) is 26.7 Å². The molecule has 0 aromatic heterocycles. The Morgan fingerprint density at radius 1 is 0.559 bits per heavy atom. The monoisotopic (exact) mass is 448 g/mol. The SMILES string of the molecule is CCN(CC)c1ccc(/C=C/c2ccc(N(c3ccccc3)c3ccc(CO)cc3)cc2)cc1. The molecule has 0 fully saturated rings. The van der Waals surface area contributed by atoms with E-state index in [-0.39, 0.29) is 6.61 Å². The van der Waals surface area contributed by atoms with Crippen molar-refractivity contribution in [1.29, 1.82) is 0 Å². The van der Waals surface area contributed by atoms with Crippen molar-refractivity contribution in [3.63, 3.8) is 0 Å². The zero-order chi connectivity index (χ0) is 23.8. The smallest absolute Gasteiger partial charge is 0.0681 e. The molecule has 1 N–H and O–H groups in total. The van der Waals surface area contributed by atoms with Crippen LogP contribution in [0.5, 0.6) is 0 Å². The number of para-hydroxylation sites is 1. The van der Waals surface area contributed by atoms with Gasteiger partial charge in [-0.3, -0.25) is 0 Å². The normalized spacial score (nSPS) is 11.0. The van der Waals surface area contributed by atoms with Crippen molar-refractivity contribution in [2.24, 2.45) is 0 Å². The minimum Gasteiger partial charge on any atom is -0.392 e. The van der Waals surface area contributed by atoms with Crippen LogP contribution in [-0.4, -0.2) is 18.2 Å². The Labute approximate surface area is 203 Å². The van der Waals surface area contributed by atoms with Gasteiger partial charge in [-0.05, 0) is 79.1 Å². The largest absolute Gasteiger partial charge is 0.392 e. The Morgan fingerprint density at radius 2 is 1.00 bits per heavy atom. The fourth-order valence-corrected chi connectivity index (χ4v) is 4.09. The lowest BCUT2D eigenvalue weighted by Crippen LogP contribution is -2.21. The van der Waals surface area contributed by atoms with Gasteiger partial charge in [0.15, 0.2) is 0 Å². The van der Waals surface area contributed by atoms with E-state index in [1.54, 1.807) is 0 Å². The number of hydrogen-bond acceptors (Lipinski definition) is 3. The summed E-state index contributed by atoms with van der Waals surface area (Å²) in [5, 5.41) is 9.40. The van der Waals surface area contributed by atoms with Crippen molar-refractivity contribution < 1.29 is 5.11 Å². The second-order valence-electron chi connectivity index (χ2n) is 8.18. The summed E-state index contributed by atoms with van der Waals surface area (Å²) in [5.41, 5.74) is 7.75. The molecule has 3 nitrogen and oxygen atoms in total. The third-order valence-corrected chi connectivity index (χ3v) is 6.03. The minimum absolute atomic E-state index is 0.0465. The maximum atomic E-state index is 9.40. The fourth-order valence-electron chi connectivity index (χ4n) is 4.09. The number of hydrogen-bond donors (Lipinski definition) is 1. The molecule has 3 heteroatoms. The zero-order valence-electron chi connectivity index (χ0n) is 19.9. The van der Waals surface area contributed by atoms with Crippen LogP contribution in [0.25, 0.3) is 12.2 Å². The van der Waals surface area contributed by atoms with Crippen LogP contribution >= 0.6 is 0 Å². The molecule has 0 bridgehead atoms. The molecule has 0 aliphatic rings. The molecule has 0 radical (unpaired) electrons. The number of benzene rings is 4. The van der Waals surface area contributed by atoms with Crippen LogP contribution in [0.4, 0.5) is 22.7 Å². The highest BCUT2D eigenvalue weighted by Gasteiger charge is 2.12. The summed E-state index contributed by atoms with van der Waals surface area (Å²) < 4.78 is 0.